The summed E-state index contributed by atoms with van der Waals surface area (Å²) >= 11 is 0. The van der Waals surface area contributed by atoms with Crippen LogP contribution in [-0.4, -0.2) is 30.1 Å². The van der Waals surface area contributed by atoms with Crippen LogP contribution in [0, 0.1) is 17.0 Å². The van der Waals surface area contributed by atoms with Gasteiger partial charge in [-0.1, -0.05) is 19.3 Å². The Balaban J connectivity index is 1.93. The van der Waals surface area contributed by atoms with Crippen molar-refractivity contribution < 1.29 is 4.92 Å². The Morgan fingerprint density at radius 1 is 1.29 bits per heavy atom. The lowest BCUT2D eigenvalue weighted by molar-refractivity contribution is -0.385. The first-order valence-corrected chi connectivity index (χ1v) is 7.86. The van der Waals surface area contributed by atoms with Gasteiger partial charge in [-0.05, 0) is 31.9 Å². The number of hydrogen-bond acceptors (Lipinski definition) is 4. The molecule has 1 aliphatic carbocycles. The Morgan fingerprint density at radius 3 is 2.71 bits per heavy atom. The number of nitro groups is 1. The summed E-state index contributed by atoms with van der Waals surface area (Å²) in [6.07, 6.45) is 6.33. The lowest BCUT2D eigenvalue weighted by Gasteiger charge is -2.51. The lowest BCUT2D eigenvalue weighted by atomic mass is 9.78. The predicted octanol–water partition coefficient (Wildman–Crippen LogP) is 3.02. The van der Waals surface area contributed by atoms with E-state index in [-0.39, 0.29) is 16.1 Å². The summed E-state index contributed by atoms with van der Waals surface area (Å²) in [5.74, 6) is 0. The molecule has 0 amide bonds. The predicted molar refractivity (Wildman–Crippen MR) is 83.9 cm³/mol. The molecule has 114 valence electrons. The fraction of sp³-hybridized carbons (Fsp3) is 0.625. The van der Waals surface area contributed by atoms with E-state index in [1.54, 1.807) is 6.07 Å². The quantitative estimate of drug-likeness (QED) is 0.671. The molecule has 1 spiro atoms. The third-order valence-corrected chi connectivity index (χ3v) is 5.01. The van der Waals surface area contributed by atoms with Crippen LogP contribution in [0.25, 0.3) is 0 Å². The van der Waals surface area contributed by atoms with Crippen LogP contribution in [0.3, 0.4) is 0 Å². The summed E-state index contributed by atoms with van der Waals surface area (Å²) in [6, 6.07) is 5.57. The van der Waals surface area contributed by atoms with Crippen LogP contribution in [-0.2, 0) is 0 Å². The zero-order chi connectivity index (χ0) is 14.9. The fourth-order valence-electron chi connectivity index (χ4n) is 3.92. The van der Waals surface area contributed by atoms with Crippen LogP contribution in [0.1, 0.15) is 37.7 Å². The summed E-state index contributed by atoms with van der Waals surface area (Å²) in [5.41, 5.74) is 2.31. The first-order chi connectivity index (χ1) is 10.1. The number of hydrogen-bond donors (Lipinski definition) is 1. The monoisotopic (exact) mass is 289 g/mol. The molecule has 21 heavy (non-hydrogen) atoms. The first kappa shape index (κ1) is 14.3. The van der Waals surface area contributed by atoms with Crippen LogP contribution >= 0.6 is 0 Å². The number of anilines is 1. The SMILES string of the molecule is Cc1cc(N2CCNCC23CCCCC3)ccc1[N+](=O)[O-]. The smallest absolute Gasteiger partial charge is 0.272 e. The molecule has 0 atom stereocenters. The van der Waals surface area contributed by atoms with Gasteiger partial charge < -0.3 is 10.2 Å². The Labute approximate surface area is 125 Å². The third kappa shape index (κ3) is 2.62. The molecule has 1 heterocycles. The molecule has 0 unspecified atom stereocenters. The second-order valence-corrected chi connectivity index (χ2v) is 6.34. The van der Waals surface area contributed by atoms with Crippen molar-refractivity contribution in [2.24, 2.45) is 0 Å². The number of piperazine rings is 1. The van der Waals surface area contributed by atoms with Crippen molar-refractivity contribution in [2.75, 3.05) is 24.5 Å². The van der Waals surface area contributed by atoms with Gasteiger partial charge in [-0.15, -0.1) is 0 Å². The summed E-state index contributed by atoms with van der Waals surface area (Å²) in [7, 11) is 0. The van der Waals surface area contributed by atoms with E-state index in [9.17, 15) is 10.1 Å². The van der Waals surface area contributed by atoms with Crippen molar-refractivity contribution in [3.05, 3.63) is 33.9 Å². The topological polar surface area (TPSA) is 58.4 Å². The van der Waals surface area contributed by atoms with Crippen LogP contribution in [0.2, 0.25) is 0 Å². The Bertz CT molecular complexity index is 530. The van der Waals surface area contributed by atoms with Gasteiger partial charge in [0.25, 0.3) is 5.69 Å². The number of benzene rings is 1. The standard InChI is InChI=1S/C16H23N3O2/c1-13-11-14(5-6-15(13)19(20)21)18-10-9-17-12-16(18)7-3-2-4-8-16/h5-6,11,17H,2-4,7-10,12H2,1H3. The molecule has 5 nitrogen and oxygen atoms in total. The molecule has 1 aliphatic heterocycles. The van der Waals surface area contributed by atoms with E-state index in [1.165, 1.54) is 32.1 Å². The molecule has 5 heteroatoms. The van der Waals surface area contributed by atoms with E-state index in [2.05, 4.69) is 10.2 Å². The fourth-order valence-corrected chi connectivity index (χ4v) is 3.92. The van der Waals surface area contributed by atoms with Crippen LogP contribution in [0.5, 0.6) is 0 Å². The van der Waals surface area contributed by atoms with E-state index in [0.717, 1.165) is 30.9 Å². The minimum Gasteiger partial charge on any atom is -0.363 e. The number of nitrogens with one attached hydrogen (secondary N) is 1. The van der Waals surface area contributed by atoms with Gasteiger partial charge >= 0.3 is 0 Å². The average molecular weight is 289 g/mol. The summed E-state index contributed by atoms with van der Waals surface area (Å²) < 4.78 is 0. The highest BCUT2D eigenvalue weighted by atomic mass is 16.6. The van der Waals surface area contributed by atoms with Crippen molar-refractivity contribution in [3.8, 4) is 0 Å². The van der Waals surface area contributed by atoms with Gasteiger partial charge in [-0.2, -0.15) is 0 Å². The molecule has 1 saturated heterocycles. The van der Waals surface area contributed by atoms with Crippen molar-refractivity contribution in [1.29, 1.82) is 0 Å². The molecule has 0 aromatic heterocycles. The molecular formula is C16H23N3O2. The molecule has 0 bridgehead atoms. The Morgan fingerprint density at radius 2 is 2.05 bits per heavy atom. The maximum atomic E-state index is 11.0. The van der Waals surface area contributed by atoms with Crippen LogP contribution < -0.4 is 10.2 Å². The van der Waals surface area contributed by atoms with E-state index in [4.69, 9.17) is 0 Å². The Kier molecular flexibility index (Phi) is 3.85. The van der Waals surface area contributed by atoms with Gasteiger partial charge in [-0.3, -0.25) is 10.1 Å². The molecular weight excluding hydrogens is 266 g/mol. The van der Waals surface area contributed by atoms with Crippen LogP contribution in [0.4, 0.5) is 11.4 Å². The lowest BCUT2D eigenvalue weighted by Crippen LogP contribution is -2.62. The number of nitrogens with zero attached hydrogens (tertiary/aromatic N) is 2. The normalized spacial score (nSPS) is 21.5. The van der Waals surface area contributed by atoms with E-state index < -0.39 is 0 Å². The summed E-state index contributed by atoms with van der Waals surface area (Å²) in [5, 5.41) is 14.5. The highest BCUT2D eigenvalue weighted by Crippen LogP contribution is 2.38. The van der Waals surface area contributed by atoms with Crippen molar-refractivity contribution in [3.63, 3.8) is 0 Å². The van der Waals surface area contributed by atoms with Crippen LogP contribution in [0.15, 0.2) is 18.2 Å². The van der Waals surface area contributed by atoms with Gasteiger partial charge in [0, 0.05) is 37.0 Å². The van der Waals surface area contributed by atoms with Crippen molar-refractivity contribution >= 4 is 11.4 Å². The van der Waals surface area contributed by atoms with Gasteiger partial charge in [0.15, 0.2) is 0 Å². The average Bonchev–Trinajstić information content (AvgIpc) is 2.48. The molecule has 1 aromatic rings. The van der Waals surface area contributed by atoms with Crippen molar-refractivity contribution in [2.45, 2.75) is 44.6 Å². The maximum absolute atomic E-state index is 11.0. The second-order valence-electron chi connectivity index (χ2n) is 6.34. The molecule has 2 fully saturated rings. The molecule has 1 N–H and O–H groups in total. The summed E-state index contributed by atoms with van der Waals surface area (Å²) in [6.45, 7) is 4.83. The Hall–Kier alpha value is -1.62. The zero-order valence-corrected chi connectivity index (χ0v) is 12.6. The molecule has 0 radical (unpaired) electrons. The highest BCUT2D eigenvalue weighted by molar-refractivity contribution is 5.57. The first-order valence-electron chi connectivity index (χ1n) is 7.86. The van der Waals surface area contributed by atoms with E-state index >= 15 is 0 Å². The maximum Gasteiger partial charge on any atom is 0.272 e. The minimum atomic E-state index is -0.298. The largest absolute Gasteiger partial charge is 0.363 e. The van der Waals surface area contributed by atoms with E-state index in [0.29, 0.717) is 0 Å². The number of nitro benzene ring substituents is 1. The van der Waals surface area contributed by atoms with Gasteiger partial charge in [0.2, 0.25) is 0 Å². The molecule has 3 rings (SSSR count). The van der Waals surface area contributed by atoms with Crippen molar-refractivity contribution in [1.82, 2.24) is 5.32 Å². The second kappa shape index (κ2) is 5.64. The highest BCUT2D eigenvalue weighted by Gasteiger charge is 2.40. The molecule has 1 saturated carbocycles. The van der Waals surface area contributed by atoms with Gasteiger partial charge in [-0.25, -0.2) is 0 Å². The van der Waals surface area contributed by atoms with E-state index in [1.807, 2.05) is 19.1 Å². The van der Waals surface area contributed by atoms with Gasteiger partial charge in [0.1, 0.15) is 0 Å². The summed E-state index contributed by atoms with van der Waals surface area (Å²) in [4.78, 5) is 13.2. The molecule has 2 aliphatic rings. The third-order valence-electron chi connectivity index (χ3n) is 5.01. The molecule has 1 aromatic carbocycles. The number of rotatable bonds is 2. The minimum absolute atomic E-state index is 0.207. The number of aryl methyl sites for hydroxylation is 1. The zero-order valence-electron chi connectivity index (χ0n) is 12.6. The van der Waals surface area contributed by atoms with Gasteiger partial charge in [0.05, 0.1) is 10.5 Å².